The average Bonchev–Trinajstić information content (AvgIpc) is 2.82. The van der Waals surface area contributed by atoms with Crippen LogP contribution < -0.4 is 0 Å². The van der Waals surface area contributed by atoms with Gasteiger partial charge in [0.05, 0.1) is 11.6 Å². The maximum Gasteiger partial charge on any atom is 0.416 e. The topological polar surface area (TPSA) is 20.3 Å². The van der Waals surface area contributed by atoms with Crippen LogP contribution in [0.2, 0.25) is 0 Å². The highest BCUT2D eigenvalue weighted by Crippen LogP contribution is 2.39. The van der Waals surface area contributed by atoms with E-state index in [9.17, 15) is 18.0 Å². The number of rotatable bonds is 1. The molecule has 0 spiro atoms. The van der Waals surface area contributed by atoms with Gasteiger partial charge in [-0.1, -0.05) is 6.07 Å². The second kappa shape index (κ2) is 4.79. The quantitative estimate of drug-likeness (QED) is 0.769. The van der Waals surface area contributed by atoms with E-state index in [1.807, 2.05) is 0 Å². The summed E-state index contributed by atoms with van der Waals surface area (Å²) in [4.78, 5) is 13.6. The third-order valence-electron chi connectivity index (χ3n) is 4.24. The predicted molar refractivity (Wildman–Crippen MR) is 68.1 cm³/mol. The largest absolute Gasteiger partial charge is 0.416 e. The number of halogens is 3. The molecule has 1 amide bonds. The van der Waals surface area contributed by atoms with Gasteiger partial charge in [0, 0.05) is 13.0 Å². The van der Waals surface area contributed by atoms with E-state index in [-0.39, 0.29) is 11.9 Å². The Kier molecular flexibility index (Phi) is 3.22. The van der Waals surface area contributed by atoms with Gasteiger partial charge in [-0.3, -0.25) is 4.79 Å². The summed E-state index contributed by atoms with van der Waals surface area (Å²) in [7, 11) is 0. The van der Waals surface area contributed by atoms with E-state index < -0.39 is 11.7 Å². The minimum absolute atomic E-state index is 0.0697. The molecule has 5 heteroatoms. The van der Waals surface area contributed by atoms with E-state index in [1.54, 1.807) is 11.0 Å². The SMILES string of the molecule is O=C1CCCN1[C@H]1CCCc2ccc(C(F)(F)F)cc21. The average molecular weight is 283 g/mol. The van der Waals surface area contributed by atoms with Crippen molar-refractivity contribution in [2.75, 3.05) is 6.54 Å². The molecule has 1 fully saturated rings. The van der Waals surface area contributed by atoms with Crippen LogP contribution in [-0.2, 0) is 17.4 Å². The molecule has 1 aliphatic carbocycles. The third-order valence-corrected chi connectivity index (χ3v) is 4.24. The third kappa shape index (κ3) is 2.30. The van der Waals surface area contributed by atoms with Gasteiger partial charge in [-0.2, -0.15) is 13.2 Å². The number of carbonyl (C=O) groups is 1. The summed E-state index contributed by atoms with van der Waals surface area (Å²) in [5.74, 6) is 0.0697. The van der Waals surface area contributed by atoms with E-state index in [0.29, 0.717) is 18.5 Å². The molecule has 1 saturated heterocycles. The summed E-state index contributed by atoms with van der Waals surface area (Å²) in [5.41, 5.74) is 1.03. The zero-order valence-corrected chi connectivity index (χ0v) is 11.0. The number of hydrogen-bond donors (Lipinski definition) is 0. The van der Waals surface area contributed by atoms with E-state index in [2.05, 4.69) is 0 Å². The first-order chi connectivity index (χ1) is 9.47. The summed E-state index contributed by atoms with van der Waals surface area (Å²) in [6.45, 7) is 0.666. The maximum atomic E-state index is 12.9. The highest BCUT2D eigenvalue weighted by Gasteiger charge is 2.35. The molecule has 1 aromatic rings. The monoisotopic (exact) mass is 283 g/mol. The van der Waals surface area contributed by atoms with E-state index in [1.165, 1.54) is 6.07 Å². The summed E-state index contributed by atoms with van der Waals surface area (Å²) in [6.07, 6.45) is -0.515. The fraction of sp³-hybridized carbons (Fsp3) is 0.533. The molecular weight excluding hydrogens is 267 g/mol. The van der Waals surface area contributed by atoms with Gasteiger partial charge in [0.25, 0.3) is 0 Å². The first-order valence-corrected chi connectivity index (χ1v) is 6.96. The van der Waals surface area contributed by atoms with Crippen LogP contribution in [0.15, 0.2) is 18.2 Å². The van der Waals surface area contributed by atoms with Crippen LogP contribution in [0.5, 0.6) is 0 Å². The normalized spacial score (nSPS) is 23.1. The first kappa shape index (κ1) is 13.5. The number of likely N-dealkylation sites (tertiary alicyclic amines) is 1. The number of aryl methyl sites for hydroxylation is 1. The number of fused-ring (bicyclic) bond motifs is 1. The van der Waals surface area contributed by atoms with Crippen molar-refractivity contribution in [2.45, 2.75) is 44.3 Å². The Hall–Kier alpha value is -1.52. The fourth-order valence-electron chi connectivity index (χ4n) is 3.27. The standard InChI is InChI=1S/C15H16F3NO/c16-15(17,18)11-7-6-10-3-1-4-13(12(10)9-11)19-8-2-5-14(19)20/h6-7,9,13H,1-5,8H2/t13-/m0/s1. The molecule has 2 aliphatic rings. The van der Waals surface area contributed by atoms with Crippen molar-refractivity contribution in [3.8, 4) is 0 Å². The minimum Gasteiger partial charge on any atom is -0.336 e. The molecule has 2 nitrogen and oxygen atoms in total. The van der Waals surface area contributed by atoms with Crippen LogP contribution in [0.4, 0.5) is 13.2 Å². The van der Waals surface area contributed by atoms with E-state index >= 15 is 0 Å². The highest BCUT2D eigenvalue weighted by atomic mass is 19.4. The molecule has 3 rings (SSSR count). The smallest absolute Gasteiger partial charge is 0.336 e. The van der Waals surface area contributed by atoms with Crippen molar-refractivity contribution >= 4 is 5.91 Å². The van der Waals surface area contributed by atoms with Crippen molar-refractivity contribution in [3.05, 3.63) is 34.9 Å². The van der Waals surface area contributed by atoms with Crippen LogP contribution >= 0.6 is 0 Å². The van der Waals surface area contributed by atoms with Gasteiger partial charge < -0.3 is 4.90 Å². The number of hydrogen-bond acceptors (Lipinski definition) is 1. The summed E-state index contributed by atoms with van der Waals surface area (Å²) in [6, 6.07) is 3.79. The van der Waals surface area contributed by atoms with Crippen molar-refractivity contribution in [2.24, 2.45) is 0 Å². The van der Waals surface area contributed by atoms with Crippen LogP contribution in [0, 0.1) is 0 Å². The molecule has 20 heavy (non-hydrogen) atoms. The molecule has 0 N–H and O–H groups in total. The van der Waals surface area contributed by atoms with Crippen molar-refractivity contribution < 1.29 is 18.0 Å². The minimum atomic E-state index is -4.33. The van der Waals surface area contributed by atoms with Gasteiger partial charge in [-0.15, -0.1) is 0 Å². The second-order valence-electron chi connectivity index (χ2n) is 5.51. The first-order valence-electron chi connectivity index (χ1n) is 6.96. The lowest BCUT2D eigenvalue weighted by atomic mass is 9.85. The Labute approximate surface area is 115 Å². The molecule has 0 bridgehead atoms. The summed E-state index contributed by atoms with van der Waals surface area (Å²) >= 11 is 0. The fourth-order valence-corrected chi connectivity index (χ4v) is 3.27. The summed E-state index contributed by atoms with van der Waals surface area (Å²) < 4.78 is 38.6. The Morgan fingerprint density at radius 1 is 1.15 bits per heavy atom. The number of amides is 1. The molecule has 0 aromatic heterocycles. The Bertz CT molecular complexity index is 538. The Morgan fingerprint density at radius 3 is 2.60 bits per heavy atom. The van der Waals surface area contributed by atoms with Gasteiger partial charge in [0.1, 0.15) is 0 Å². The van der Waals surface area contributed by atoms with Gasteiger partial charge in [-0.05, 0) is 48.9 Å². The molecule has 0 radical (unpaired) electrons. The zero-order valence-electron chi connectivity index (χ0n) is 11.0. The number of benzene rings is 1. The molecule has 1 aliphatic heterocycles. The van der Waals surface area contributed by atoms with Gasteiger partial charge >= 0.3 is 6.18 Å². The van der Waals surface area contributed by atoms with Crippen molar-refractivity contribution in [1.82, 2.24) is 4.90 Å². The number of alkyl halides is 3. The molecule has 108 valence electrons. The highest BCUT2D eigenvalue weighted by molar-refractivity contribution is 5.78. The second-order valence-corrected chi connectivity index (χ2v) is 5.51. The van der Waals surface area contributed by atoms with Crippen molar-refractivity contribution in [1.29, 1.82) is 0 Å². The van der Waals surface area contributed by atoms with Crippen LogP contribution in [-0.4, -0.2) is 17.4 Å². The van der Waals surface area contributed by atoms with Gasteiger partial charge in [-0.25, -0.2) is 0 Å². The van der Waals surface area contributed by atoms with Gasteiger partial charge in [0.15, 0.2) is 0 Å². The maximum absolute atomic E-state index is 12.9. The molecular formula is C15H16F3NO. The van der Waals surface area contributed by atoms with Crippen LogP contribution in [0.3, 0.4) is 0 Å². The lowest BCUT2D eigenvalue weighted by Crippen LogP contribution is -2.32. The van der Waals surface area contributed by atoms with Crippen LogP contribution in [0.25, 0.3) is 0 Å². The number of carbonyl (C=O) groups excluding carboxylic acids is 1. The van der Waals surface area contributed by atoms with E-state index in [0.717, 1.165) is 37.3 Å². The molecule has 0 unspecified atom stereocenters. The molecule has 1 atom stereocenters. The lowest BCUT2D eigenvalue weighted by Gasteiger charge is -2.33. The molecule has 0 saturated carbocycles. The molecule has 1 heterocycles. The Balaban J connectivity index is 2.00. The van der Waals surface area contributed by atoms with Crippen molar-refractivity contribution in [3.63, 3.8) is 0 Å². The lowest BCUT2D eigenvalue weighted by molar-refractivity contribution is -0.137. The zero-order chi connectivity index (χ0) is 14.3. The Morgan fingerprint density at radius 2 is 1.95 bits per heavy atom. The molecule has 1 aromatic carbocycles. The predicted octanol–water partition coefficient (Wildman–Crippen LogP) is 3.71. The number of nitrogens with zero attached hydrogens (tertiary/aromatic N) is 1. The van der Waals surface area contributed by atoms with E-state index in [4.69, 9.17) is 0 Å². The van der Waals surface area contributed by atoms with Crippen LogP contribution in [0.1, 0.15) is 48.4 Å². The summed E-state index contributed by atoms with van der Waals surface area (Å²) in [5, 5.41) is 0. The van der Waals surface area contributed by atoms with Gasteiger partial charge in [0.2, 0.25) is 5.91 Å².